The standard InChI is InChI=1S/C54H62N2O10/c1-5-50(57)63-28-17-13-14-18-29-64-52-46-34-44(40-23-19-21-38(3)31-40)54(59)66-51(46)47(35-56-52)39(22-15-11-9-7-8-10-12-16-27-61-6-2)26-30-62-48-36-55-37-49-45(48)33-43(53(58)65-49)41-24-20-25-42(32-41)60-4/h5-6,19-21,23-25,31-37,39H,1-2,7-18,22,26-30H2,3-4H3. The number of esters is 1. The van der Waals surface area contributed by atoms with E-state index in [0.29, 0.717) is 88.9 Å². The van der Waals surface area contributed by atoms with Crippen molar-refractivity contribution in [1.29, 1.82) is 0 Å². The molecule has 0 N–H and O–H groups in total. The van der Waals surface area contributed by atoms with E-state index in [1.54, 1.807) is 31.6 Å². The van der Waals surface area contributed by atoms with Gasteiger partial charge < -0.3 is 32.5 Å². The molecule has 0 fully saturated rings. The molecule has 4 aromatic heterocycles. The Bertz CT molecular complexity index is 2650. The van der Waals surface area contributed by atoms with Crippen molar-refractivity contribution in [2.45, 2.75) is 103 Å². The average Bonchev–Trinajstić information content (AvgIpc) is 3.33. The average molecular weight is 899 g/mol. The number of nitrogens with zero attached hydrogens (tertiary/aromatic N) is 2. The number of ether oxygens (including phenoxy) is 5. The third-order valence-corrected chi connectivity index (χ3v) is 11.6. The van der Waals surface area contributed by atoms with Crippen LogP contribution in [0.25, 0.3) is 44.2 Å². The van der Waals surface area contributed by atoms with Gasteiger partial charge in [0.1, 0.15) is 17.1 Å². The molecule has 0 spiro atoms. The number of hydrogen-bond acceptors (Lipinski definition) is 12. The van der Waals surface area contributed by atoms with E-state index < -0.39 is 17.2 Å². The van der Waals surface area contributed by atoms with Crippen LogP contribution in [0.2, 0.25) is 0 Å². The number of carbonyl (C=O) groups is 1. The second-order valence-corrected chi connectivity index (χ2v) is 16.4. The molecule has 12 nitrogen and oxygen atoms in total. The lowest BCUT2D eigenvalue weighted by Crippen LogP contribution is -2.11. The molecule has 66 heavy (non-hydrogen) atoms. The van der Waals surface area contributed by atoms with E-state index in [2.05, 4.69) is 18.1 Å². The van der Waals surface area contributed by atoms with Gasteiger partial charge >= 0.3 is 17.2 Å². The van der Waals surface area contributed by atoms with Crippen LogP contribution in [0.4, 0.5) is 0 Å². The number of pyridine rings is 2. The minimum atomic E-state index is -0.490. The van der Waals surface area contributed by atoms with Crippen molar-refractivity contribution in [3.8, 4) is 39.6 Å². The summed E-state index contributed by atoms with van der Waals surface area (Å²) >= 11 is 0. The van der Waals surface area contributed by atoms with Crippen LogP contribution in [-0.2, 0) is 14.3 Å². The molecule has 0 aliphatic heterocycles. The lowest BCUT2D eigenvalue weighted by Gasteiger charge is -2.20. The topological polar surface area (TPSA) is 149 Å². The van der Waals surface area contributed by atoms with Gasteiger partial charge in [0.25, 0.3) is 0 Å². The third-order valence-electron chi connectivity index (χ3n) is 11.6. The van der Waals surface area contributed by atoms with Gasteiger partial charge in [0.15, 0.2) is 5.58 Å². The second-order valence-electron chi connectivity index (χ2n) is 16.4. The Hall–Kier alpha value is -6.69. The summed E-state index contributed by atoms with van der Waals surface area (Å²) in [4.78, 5) is 47.6. The minimum Gasteiger partial charge on any atom is -0.502 e. The van der Waals surface area contributed by atoms with E-state index in [9.17, 15) is 14.4 Å². The zero-order valence-electron chi connectivity index (χ0n) is 38.4. The normalized spacial score (nSPS) is 11.6. The van der Waals surface area contributed by atoms with Crippen molar-refractivity contribution in [2.75, 3.05) is 33.5 Å². The van der Waals surface area contributed by atoms with Crippen LogP contribution in [0, 0.1) is 6.92 Å². The van der Waals surface area contributed by atoms with Gasteiger partial charge in [-0.2, -0.15) is 0 Å². The van der Waals surface area contributed by atoms with Crippen LogP contribution >= 0.6 is 0 Å². The molecule has 1 unspecified atom stereocenters. The first-order valence-electron chi connectivity index (χ1n) is 23.2. The first kappa shape index (κ1) is 48.8. The Balaban J connectivity index is 1.24. The maximum Gasteiger partial charge on any atom is 0.344 e. The molecular formula is C54H62N2O10. The molecule has 0 bridgehead atoms. The molecule has 6 aromatic rings. The fraction of sp³-hybridized carbons (Fsp3) is 0.389. The van der Waals surface area contributed by atoms with Crippen LogP contribution in [-0.4, -0.2) is 49.5 Å². The minimum absolute atomic E-state index is 0.0877. The van der Waals surface area contributed by atoms with E-state index in [0.717, 1.165) is 87.3 Å². The number of aromatic nitrogens is 2. The zero-order chi connectivity index (χ0) is 46.5. The number of fused-ring (bicyclic) bond motifs is 2. The second kappa shape index (κ2) is 25.7. The maximum absolute atomic E-state index is 13.9. The monoisotopic (exact) mass is 898 g/mol. The Morgan fingerprint density at radius 1 is 0.697 bits per heavy atom. The molecule has 12 heteroatoms. The summed E-state index contributed by atoms with van der Waals surface area (Å²) in [6, 6.07) is 18.7. The molecule has 0 aliphatic carbocycles. The highest BCUT2D eigenvalue weighted by Crippen LogP contribution is 2.37. The molecular weight excluding hydrogens is 837 g/mol. The number of rotatable bonds is 29. The molecule has 2 aromatic carbocycles. The summed E-state index contributed by atoms with van der Waals surface area (Å²) in [5.74, 6) is 0.991. The number of unbranched alkanes of at least 4 members (excludes halogenated alkanes) is 10. The van der Waals surface area contributed by atoms with Gasteiger partial charge in [0.05, 0.1) is 74.1 Å². The molecule has 1 atom stereocenters. The molecule has 0 amide bonds. The van der Waals surface area contributed by atoms with Crippen molar-refractivity contribution in [1.82, 2.24) is 9.97 Å². The molecule has 0 saturated heterocycles. The van der Waals surface area contributed by atoms with Gasteiger partial charge in [-0.3, -0.25) is 4.98 Å². The number of methoxy groups -OCH3 is 1. The van der Waals surface area contributed by atoms with Crippen LogP contribution in [0.3, 0.4) is 0 Å². The molecule has 0 radical (unpaired) electrons. The Morgan fingerprint density at radius 2 is 1.36 bits per heavy atom. The highest BCUT2D eigenvalue weighted by Gasteiger charge is 2.23. The fourth-order valence-corrected chi connectivity index (χ4v) is 8.09. The van der Waals surface area contributed by atoms with Crippen molar-refractivity contribution < 1.29 is 37.3 Å². The van der Waals surface area contributed by atoms with E-state index in [4.69, 9.17) is 37.5 Å². The fourth-order valence-electron chi connectivity index (χ4n) is 8.09. The Morgan fingerprint density at radius 3 is 2.09 bits per heavy atom. The summed E-state index contributed by atoms with van der Waals surface area (Å²) in [6.07, 6.45) is 21.1. The zero-order valence-corrected chi connectivity index (χ0v) is 38.4. The Labute approximate surface area is 386 Å². The first-order chi connectivity index (χ1) is 32.3. The molecule has 348 valence electrons. The summed E-state index contributed by atoms with van der Waals surface area (Å²) in [6.45, 7) is 10.8. The first-order valence-corrected chi connectivity index (χ1v) is 23.2. The third kappa shape index (κ3) is 13.9. The molecule has 0 aliphatic rings. The Kier molecular flexibility index (Phi) is 19.0. The van der Waals surface area contributed by atoms with Gasteiger partial charge in [0.2, 0.25) is 5.88 Å². The van der Waals surface area contributed by atoms with Crippen molar-refractivity contribution in [2.24, 2.45) is 0 Å². The summed E-state index contributed by atoms with van der Waals surface area (Å²) in [5, 5.41) is 1.24. The van der Waals surface area contributed by atoms with Crippen molar-refractivity contribution >= 4 is 27.9 Å². The van der Waals surface area contributed by atoms with Gasteiger partial charge in [-0.25, -0.2) is 19.4 Å². The molecule has 6 rings (SSSR count). The van der Waals surface area contributed by atoms with Gasteiger partial charge in [0, 0.05) is 17.8 Å². The predicted octanol–water partition coefficient (Wildman–Crippen LogP) is 12.2. The summed E-state index contributed by atoms with van der Waals surface area (Å²) < 4.78 is 40.6. The van der Waals surface area contributed by atoms with Gasteiger partial charge in [-0.15, -0.1) is 0 Å². The number of hydrogen-bond donors (Lipinski definition) is 0. The summed E-state index contributed by atoms with van der Waals surface area (Å²) in [5.41, 5.74) is 3.89. The SMILES string of the molecule is C=COCCCCCCCCCCC(CCOc1cncc2oc(=O)c(-c3cccc(OC)c3)cc12)c1cnc(OCCCCCCOC(=O)C=C)c2cc(-c3cccc(C)c3)c(=O)oc12. The van der Waals surface area contributed by atoms with Crippen molar-refractivity contribution in [3.63, 3.8) is 0 Å². The predicted molar refractivity (Wildman–Crippen MR) is 258 cm³/mol. The van der Waals surface area contributed by atoms with Crippen LogP contribution in [0.1, 0.15) is 107 Å². The quantitative estimate of drug-likeness (QED) is 0.0191. The number of benzene rings is 2. The van der Waals surface area contributed by atoms with E-state index in [1.165, 1.54) is 31.4 Å². The van der Waals surface area contributed by atoms with Crippen LogP contribution in [0.5, 0.6) is 17.4 Å². The van der Waals surface area contributed by atoms with E-state index >= 15 is 0 Å². The number of aryl methyl sites for hydroxylation is 1. The highest BCUT2D eigenvalue weighted by atomic mass is 16.5. The summed E-state index contributed by atoms with van der Waals surface area (Å²) in [7, 11) is 1.58. The lowest BCUT2D eigenvalue weighted by atomic mass is 9.90. The van der Waals surface area contributed by atoms with Crippen molar-refractivity contribution in [3.05, 3.63) is 137 Å². The van der Waals surface area contributed by atoms with Crippen LogP contribution < -0.4 is 25.5 Å². The lowest BCUT2D eigenvalue weighted by molar-refractivity contribution is -0.137. The van der Waals surface area contributed by atoms with Gasteiger partial charge in [-0.05, 0) is 93.2 Å². The van der Waals surface area contributed by atoms with E-state index in [-0.39, 0.29) is 5.92 Å². The van der Waals surface area contributed by atoms with E-state index in [1.807, 2.05) is 55.5 Å². The smallest absolute Gasteiger partial charge is 0.344 e. The maximum atomic E-state index is 13.9. The highest BCUT2D eigenvalue weighted by molar-refractivity contribution is 5.89. The van der Waals surface area contributed by atoms with Crippen LogP contribution in [0.15, 0.2) is 123 Å². The molecule has 0 saturated carbocycles. The molecule has 4 heterocycles. The largest absolute Gasteiger partial charge is 0.502 e. The van der Waals surface area contributed by atoms with Gasteiger partial charge in [-0.1, -0.05) is 100 Å². The number of carbonyl (C=O) groups excluding carboxylic acids is 1.